The summed E-state index contributed by atoms with van der Waals surface area (Å²) in [4.78, 5) is 4.21. The topological polar surface area (TPSA) is 34.1 Å². The molecule has 2 atom stereocenters. The number of ether oxygens (including phenoxy) is 1. The molecule has 76 valence electrons. The van der Waals surface area contributed by atoms with Gasteiger partial charge < -0.3 is 10.1 Å². The lowest BCUT2D eigenvalue weighted by Gasteiger charge is -2.15. The molecule has 2 heterocycles. The highest BCUT2D eigenvalue weighted by Gasteiger charge is 2.24. The molecule has 0 aromatic carbocycles. The van der Waals surface area contributed by atoms with Gasteiger partial charge in [-0.05, 0) is 24.4 Å². The summed E-state index contributed by atoms with van der Waals surface area (Å²) in [6.07, 6.45) is 3.15. The first-order valence-corrected chi connectivity index (χ1v) is 5.04. The van der Waals surface area contributed by atoms with Crippen molar-refractivity contribution in [3.63, 3.8) is 0 Å². The number of rotatable bonds is 2. The fourth-order valence-corrected chi connectivity index (χ4v) is 1.98. The van der Waals surface area contributed by atoms with Crippen molar-refractivity contribution in [1.82, 2.24) is 10.3 Å². The van der Waals surface area contributed by atoms with E-state index in [-0.39, 0.29) is 0 Å². The minimum absolute atomic E-state index is 0.466. The summed E-state index contributed by atoms with van der Waals surface area (Å²) >= 11 is 0. The van der Waals surface area contributed by atoms with E-state index in [1.165, 1.54) is 12.0 Å². The Kier molecular flexibility index (Phi) is 2.68. The van der Waals surface area contributed by atoms with Crippen LogP contribution in [0.25, 0.3) is 0 Å². The first-order valence-electron chi connectivity index (χ1n) is 5.04. The zero-order valence-electron chi connectivity index (χ0n) is 8.66. The molecule has 0 aliphatic carbocycles. The molecule has 0 radical (unpaired) electrons. The van der Waals surface area contributed by atoms with Gasteiger partial charge in [-0.3, -0.25) is 0 Å². The lowest BCUT2D eigenvalue weighted by atomic mass is 9.97. The van der Waals surface area contributed by atoms with Crippen LogP contribution >= 0.6 is 0 Å². The second kappa shape index (κ2) is 3.96. The molecular formula is C11H16N2O. The van der Waals surface area contributed by atoms with Gasteiger partial charge in [0.15, 0.2) is 0 Å². The lowest BCUT2D eigenvalue weighted by molar-refractivity contribution is 0.396. The molecule has 0 bridgehead atoms. The highest BCUT2D eigenvalue weighted by molar-refractivity contribution is 5.22. The van der Waals surface area contributed by atoms with Crippen molar-refractivity contribution in [2.75, 3.05) is 13.7 Å². The third-order valence-corrected chi connectivity index (χ3v) is 2.86. The molecule has 2 rings (SSSR count). The molecule has 14 heavy (non-hydrogen) atoms. The third kappa shape index (κ3) is 1.73. The molecule has 3 nitrogen and oxygen atoms in total. The molecular weight excluding hydrogens is 176 g/mol. The molecule has 0 amide bonds. The molecule has 1 aliphatic rings. The van der Waals surface area contributed by atoms with E-state index >= 15 is 0 Å². The van der Waals surface area contributed by atoms with Gasteiger partial charge in [0.2, 0.25) is 5.88 Å². The summed E-state index contributed by atoms with van der Waals surface area (Å²) in [5, 5.41) is 3.48. The number of aromatic nitrogens is 1. The number of hydrogen-bond acceptors (Lipinski definition) is 3. The predicted octanol–water partition coefficient (Wildman–Crippen LogP) is 1.76. The summed E-state index contributed by atoms with van der Waals surface area (Å²) in [6.45, 7) is 3.38. The van der Waals surface area contributed by atoms with E-state index in [1.54, 1.807) is 7.11 Å². The van der Waals surface area contributed by atoms with Crippen molar-refractivity contribution in [2.24, 2.45) is 5.92 Å². The first kappa shape index (κ1) is 9.46. The van der Waals surface area contributed by atoms with Crippen LogP contribution in [0.4, 0.5) is 0 Å². The van der Waals surface area contributed by atoms with Crippen LogP contribution in [0.3, 0.4) is 0 Å². The molecule has 1 aromatic rings. The van der Waals surface area contributed by atoms with Gasteiger partial charge in [-0.1, -0.05) is 13.0 Å². The molecule has 1 aliphatic heterocycles. The lowest BCUT2D eigenvalue weighted by Crippen LogP contribution is -2.16. The monoisotopic (exact) mass is 192 g/mol. The Bertz CT molecular complexity index is 297. The number of nitrogens with zero attached hydrogens (tertiary/aromatic N) is 1. The average Bonchev–Trinajstić information content (AvgIpc) is 2.65. The predicted molar refractivity (Wildman–Crippen MR) is 55.3 cm³/mol. The third-order valence-electron chi connectivity index (χ3n) is 2.86. The molecule has 1 N–H and O–H groups in total. The van der Waals surface area contributed by atoms with Crippen LogP contribution in [-0.2, 0) is 0 Å². The number of nitrogens with one attached hydrogen (secondary N) is 1. The maximum atomic E-state index is 5.03. The van der Waals surface area contributed by atoms with Crippen LogP contribution < -0.4 is 10.1 Å². The van der Waals surface area contributed by atoms with E-state index in [0.29, 0.717) is 17.8 Å². The van der Waals surface area contributed by atoms with Crippen molar-refractivity contribution in [1.29, 1.82) is 0 Å². The highest BCUT2D eigenvalue weighted by Crippen LogP contribution is 2.28. The van der Waals surface area contributed by atoms with Gasteiger partial charge in [-0.2, -0.15) is 0 Å². The van der Waals surface area contributed by atoms with Gasteiger partial charge in [0, 0.05) is 18.3 Å². The smallest absolute Gasteiger partial charge is 0.212 e. The van der Waals surface area contributed by atoms with Gasteiger partial charge >= 0.3 is 0 Å². The Morgan fingerprint density at radius 1 is 1.50 bits per heavy atom. The molecule has 1 saturated heterocycles. The van der Waals surface area contributed by atoms with Crippen molar-refractivity contribution in [3.8, 4) is 5.88 Å². The van der Waals surface area contributed by atoms with E-state index in [4.69, 9.17) is 4.74 Å². The molecule has 2 unspecified atom stereocenters. The molecule has 1 fully saturated rings. The Balaban J connectivity index is 2.16. The molecule has 3 heteroatoms. The minimum atomic E-state index is 0.466. The van der Waals surface area contributed by atoms with E-state index in [2.05, 4.69) is 23.3 Å². The van der Waals surface area contributed by atoms with E-state index in [9.17, 15) is 0 Å². The van der Waals surface area contributed by atoms with E-state index < -0.39 is 0 Å². The van der Waals surface area contributed by atoms with Crippen molar-refractivity contribution in [2.45, 2.75) is 19.4 Å². The number of hydrogen-bond donors (Lipinski definition) is 1. The maximum absolute atomic E-state index is 5.03. The Labute approximate surface area is 84.5 Å². The summed E-state index contributed by atoms with van der Waals surface area (Å²) in [6, 6.07) is 4.47. The molecule has 1 aromatic heterocycles. The molecule has 0 spiro atoms. The first-order chi connectivity index (χ1) is 6.81. The second-order valence-corrected chi connectivity index (χ2v) is 3.83. The standard InChI is InChI=1S/C11H16N2O/c1-8-5-6-12-11(8)9-3-4-10(14-2)13-7-9/h3-4,7-8,11-12H,5-6H2,1-2H3. The zero-order chi connectivity index (χ0) is 9.97. The summed E-state index contributed by atoms with van der Waals surface area (Å²) in [7, 11) is 1.64. The highest BCUT2D eigenvalue weighted by atomic mass is 16.5. The van der Waals surface area contributed by atoms with Crippen LogP contribution in [0.1, 0.15) is 24.9 Å². The van der Waals surface area contributed by atoms with Gasteiger partial charge in [-0.25, -0.2) is 4.98 Å². The van der Waals surface area contributed by atoms with Gasteiger partial charge in [0.25, 0.3) is 0 Å². The Morgan fingerprint density at radius 3 is 2.86 bits per heavy atom. The number of pyridine rings is 1. The van der Waals surface area contributed by atoms with Gasteiger partial charge in [0.05, 0.1) is 7.11 Å². The van der Waals surface area contributed by atoms with Crippen molar-refractivity contribution < 1.29 is 4.74 Å². The summed E-state index contributed by atoms with van der Waals surface area (Å²) < 4.78 is 5.03. The largest absolute Gasteiger partial charge is 0.481 e. The van der Waals surface area contributed by atoms with Gasteiger partial charge in [0.1, 0.15) is 0 Å². The summed E-state index contributed by atoms with van der Waals surface area (Å²) in [5.41, 5.74) is 1.26. The van der Waals surface area contributed by atoms with Crippen LogP contribution in [0.5, 0.6) is 5.88 Å². The van der Waals surface area contributed by atoms with Crippen molar-refractivity contribution in [3.05, 3.63) is 23.9 Å². The zero-order valence-corrected chi connectivity index (χ0v) is 8.66. The fourth-order valence-electron chi connectivity index (χ4n) is 1.98. The van der Waals surface area contributed by atoms with E-state index in [1.807, 2.05) is 12.3 Å². The Hall–Kier alpha value is -1.09. The second-order valence-electron chi connectivity index (χ2n) is 3.83. The van der Waals surface area contributed by atoms with Crippen LogP contribution in [0.2, 0.25) is 0 Å². The van der Waals surface area contributed by atoms with E-state index in [0.717, 1.165) is 6.54 Å². The van der Waals surface area contributed by atoms with Crippen LogP contribution in [-0.4, -0.2) is 18.6 Å². The SMILES string of the molecule is COc1ccc(C2NCCC2C)cn1. The average molecular weight is 192 g/mol. The maximum Gasteiger partial charge on any atom is 0.212 e. The van der Waals surface area contributed by atoms with Gasteiger partial charge in [-0.15, -0.1) is 0 Å². The van der Waals surface area contributed by atoms with Crippen LogP contribution in [0, 0.1) is 5.92 Å². The Morgan fingerprint density at radius 2 is 2.36 bits per heavy atom. The summed E-state index contributed by atoms with van der Waals surface area (Å²) in [5.74, 6) is 1.38. The number of methoxy groups -OCH3 is 1. The minimum Gasteiger partial charge on any atom is -0.481 e. The quantitative estimate of drug-likeness (QED) is 0.775. The van der Waals surface area contributed by atoms with Crippen LogP contribution in [0.15, 0.2) is 18.3 Å². The van der Waals surface area contributed by atoms with Crippen molar-refractivity contribution >= 4 is 0 Å². The fraction of sp³-hybridized carbons (Fsp3) is 0.545. The molecule has 0 saturated carbocycles. The normalized spacial score (nSPS) is 26.4.